The zero-order valence-corrected chi connectivity index (χ0v) is 11.9. The Morgan fingerprint density at radius 1 is 0.769 bits per heavy atom. The third-order valence-electron chi connectivity index (χ3n) is 1.42. The van der Waals surface area contributed by atoms with Crippen molar-refractivity contribution < 1.29 is 0 Å². The summed E-state index contributed by atoms with van der Waals surface area (Å²) in [4.78, 5) is 41.0. The molecule has 0 spiro atoms. The number of rotatable bonds is 0. The second-order valence-corrected chi connectivity index (χ2v) is 2.24. The molecule has 2 heterocycles. The van der Waals surface area contributed by atoms with Gasteiger partial charge in [0.2, 0.25) is 0 Å². The van der Waals surface area contributed by atoms with Gasteiger partial charge in [-0.15, -0.1) is 0 Å². The van der Waals surface area contributed by atoms with E-state index < -0.39 is 16.9 Å². The summed E-state index contributed by atoms with van der Waals surface area (Å²) in [5.41, 5.74) is -1.65. The van der Waals surface area contributed by atoms with Crippen LogP contribution in [0.15, 0.2) is 14.4 Å². The van der Waals surface area contributed by atoms with E-state index in [1.165, 1.54) is 0 Å². The molecule has 4 N–H and O–H groups in total. The average molecular weight is 377 g/mol. The molecule has 0 aromatic carbocycles. The van der Waals surface area contributed by atoms with Crippen LogP contribution in [0.4, 0.5) is 0 Å². The first-order valence-corrected chi connectivity index (χ1v) is 3.11. The number of nitrogens with one attached hydrogen (secondary N) is 4. The fourth-order valence-electron chi connectivity index (χ4n) is 0.958. The number of hydrogen-bond acceptors (Lipinski definition) is 3. The van der Waals surface area contributed by atoms with Crippen molar-refractivity contribution in [3.05, 3.63) is 31.3 Å². The molecule has 0 saturated heterocycles. The molecule has 0 bridgehead atoms. The Balaban J connectivity index is 0.000000845. The van der Waals surface area contributed by atoms with Crippen LogP contribution in [0, 0.1) is 0 Å². The number of aromatic amines is 4. The zero-order chi connectivity index (χ0) is 8.72. The Kier molecular flexibility index (Phi) is 2.54. The third kappa shape index (κ3) is 1.64. The second-order valence-electron chi connectivity index (χ2n) is 2.24. The van der Waals surface area contributed by atoms with Crippen molar-refractivity contribution in [3.8, 4) is 0 Å². The van der Waals surface area contributed by atoms with Gasteiger partial charge in [-0.1, -0.05) is 0 Å². The molecule has 0 aliphatic carbocycles. The summed E-state index contributed by atoms with van der Waals surface area (Å²) in [5.74, 6) is 0. The summed E-state index contributed by atoms with van der Waals surface area (Å²) >= 11 is 0. The third-order valence-corrected chi connectivity index (χ3v) is 1.42. The van der Waals surface area contributed by atoms with E-state index >= 15 is 0 Å². The normalized spacial score (nSPS) is 9.85. The van der Waals surface area contributed by atoms with Crippen LogP contribution >= 0.6 is 0 Å². The van der Waals surface area contributed by atoms with E-state index in [2.05, 4.69) is 15.0 Å². The van der Waals surface area contributed by atoms with E-state index in [-0.39, 0.29) is 38.5 Å². The maximum atomic E-state index is 10.9. The van der Waals surface area contributed by atoms with Gasteiger partial charge in [-0.3, -0.25) is 24.7 Å². The predicted molar refractivity (Wildman–Crippen MR) is 48.7 cm³/mol. The number of fused-ring (bicyclic) bond motifs is 1. The maximum absolute atomic E-state index is 10.9. The minimum atomic E-state index is -0.650. The quantitative estimate of drug-likeness (QED) is 0.375. The molecule has 2 rings (SSSR count). The summed E-state index contributed by atoms with van der Waals surface area (Å²) in [6, 6.07) is 0. The second kappa shape index (κ2) is 3.32. The van der Waals surface area contributed by atoms with Crippen LogP contribution in [0.2, 0.25) is 0 Å². The van der Waals surface area contributed by atoms with Gasteiger partial charge < -0.3 is 0 Å². The summed E-state index contributed by atoms with van der Waals surface area (Å²) in [6.45, 7) is 0. The van der Waals surface area contributed by atoms with Gasteiger partial charge in [0.15, 0.2) is 0 Å². The summed E-state index contributed by atoms with van der Waals surface area (Å²) < 4.78 is 0. The molecule has 0 amide bonds. The van der Waals surface area contributed by atoms with Crippen LogP contribution < -0.4 is 16.9 Å². The Morgan fingerprint density at radius 3 is 1.92 bits per heavy atom. The van der Waals surface area contributed by atoms with Crippen LogP contribution in [-0.2, 0) is 0 Å². The molecule has 0 fully saturated rings. The Morgan fingerprint density at radius 2 is 1.31 bits per heavy atom. The van der Waals surface area contributed by atoms with Crippen molar-refractivity contribution >= 4 is 38.5 Å². The van der Waals surface area contributed by atoms with Gasteiger partial charge in [0.1, 0.15) is 11.2 Å². The molecule has 8 heteroatoms. The topological polar surface area (TPSA) is 114 Å². The van der Waals surface area contributed by atoms with Crippen molar-refractivity contribution in [1.82, 2.24) is 19.9 Å². The minimum absolute atomic E-state index is 0. The number of H-pyrrole nitrogens is 4. The number of hydrogen-bond donors (Lipinski definition) is 4. The van der Waals surface area contributed by atoms with Crippen LogP contribution in [0.1, 0.15) is 0 Å². The molecule has 0 atom stereocenters. The van der Waals surface area contributed by atoms with Crippen LogP contribution in [0.5, 0.6) is 0 Å². The molecule has 2 aromatic rings. The van der Waals surface area contributed by atoms with Gasteiger partial charge in [0.05, 0.1) is 0 Å². The predicted octanol–water partition coefficient (Wildman–Crippen LogP) is -2.68. The molecule has 0 aliphatic heterocycles. The Hall–Kier alpha value is -1.13. The summed E-state index contributed by atoms with van der Waals surface area (Å²) in [5, 5.41) is 0. The van der Waals surface area contributed by atoms with Gasteiger partial charge >= 0.3 is 38.7 Å². The van der Waals surface area contributed by atoms with E-state index in [1.807, 2.05) is 4.98 Å². The first-order chi connectivity index (χ1) is 5.66. The van der Waals surface area contributed by atoms with Gasteiger partial charge in [0, 0.05) is 0 Å². The molecule has 0 aliphatic rings. The number of aromatic nitrogens is 4. The van der Waals surface area contributed by atoms with E-state index in [0.29, 0.717) is 0 Å². The van der Waals surface area contributed by atoms with Crippen molar-refractivity contribution in [1.29, 1.82) is 0 Å². The van der Waals surface area contributed by atoms with Crippen molar-refractivity contribution in [2.24, 2.45) is 0 Å². The van der Waals surface area contributed by atoms with Crippen LogP contribution in [0.3, 0.4) is 0 Å². The van der Waals surface area contributed by atoms with E-state index in [1.54, 1.807) is 0 Å². The molecule has 0 unspecified atom stereocenters. The zero-order valence-electron chi connectivity index (χ0n) is 6.43. The average Bonchev–Trinajstić information content (AvgIpc) is 2.29. The standard InChI is InChI=1S/C5H4N4O3.Pb.2H/c10-3-1-2(7-4(11)6-1)8-5(12)9-3;;;/h(H4,6,7,8,9,10,11,12);;;. The van der Waals surface area contributed by atoms with Gasteiger partial charge in [-0.05, 0) is 0 Å². The summed E-state index contributed by atoms with van der Waals surface area (Å²) in [7, 11) is 0. The molecule has 0 saturated carbocycles. The van der Waals surface area contributed by atoms with Gasteiger partial charge in [-0.2, -0.15) is 0 Å². The van der Waals surface area contributed by atoms with E-state index in [4.69, 9.17) is 0 Å². The molecule has 2 aromatic heterocycles. The van der Waals surface area contributed by atoms with Crippen molar-refractivity contribution in [2.45, 2.75) is 0 Å². The first kappa shape index (κ1) is 9.96. The molecule has 13 heavy (non-hydrogen) atoms. The van der Waals surface area contributed by atoms with Crippen LogP contribution in [0.25, 0.3) is 11.2 Å². The SMILES string of the molecule is O=c1[nH]c(=O)c2[nH]c(=O)[nH]c2[nH]1.[PbH2]. The molecule has 7 nitrogen and oxygen atoms in total. The summed E-state index contributed by atoms with van der Waals surface area (Å²) in [6.07, 6.45) is 0. The van der Waals surface area contributed by atoms with Crippen molar-refractivity contribution in [3.63, 3.8) is 0 Å². The molecular weight excluding hydrogens is 371 g/mol. The Bertz CT molecular complexity index is 588. The molecule has 68 valence electrons. The van der Waals surface area contributed by atoms with E-state index in [0.717, 1.165) is 0 Å². The monoisotopic (exact) mass is 378 g/mol. The van der Waals surface area contributed by atoms with E-state index in [9.17, 15) is 14.4 Å². The van der Waals surface area contributed by atoms with Gasteiger partial charge in [0.25, 0.3) is 5.56 Å². The van der Waals surface area contributed by atoms with Crippen LogP contribution in [-0.4, -0.2) is 47.2 Å². The molecule has 2 radical (unpaired) electrons. The van der Waals surface area contributed by atoms with Gasteiger partial charge in [-0.25, -0.2) is 9.59 Å². The Labute approximate surface area is 89.7 Å². The first-order valence-electron chi connectivity index (χ1n) is 3.11. The fourth-order valence-corrected chi connectivity index (χ4v) is 0.958. The fraction of sp³-hybridized carbons (Fsp3) is 0. The molecular formula is C5H6N4O3Pb. The number of imidazole rings is 1. The van der Waals surface area contributed by atoms with Crippen molar-refractivity contribution in [2.75, 3.05) is 0 Å².